The molecule has 1 aliphatic rings. The quantitative estimate of drug-likeness (QED) is 0.613. The highest BCUT2D eigenvalue weighted by atomic mass is 32.2. The molecule has 1 amide bonds. The van der Waals surface area contributed by atoms with Crippen LogP contribution in [0.25, 0.3) is 10.9 Å². The van der Waals surface area contributed by atoms with E-state index in [-0.39, 0.29) is 16.5 Å². The van der Waals surface area contributed by atoms with Gasteiger partial charge in [-0.05, 0) is 61.4 Å². The molecule has 0 radical (unpaired) electrons. The number of hydrogen-bond acceptors (Lipinski definition) is 6. The molecule has 0 unspecified atom stereocenters. The summed E-state index contributed by atoms with van der Waals surface area (Å²) < 4.78 is 33.1. The summed E-state index contributed by atoms with van der Waals surface area (Å²) in [7, 11) is -2.13. The van der Waals surface area contributed by atoms with Crippen LogP contribution in [0.4, 0.5) is 5.69 Å². The first kappa shape index (κ1) is 21.8. The van der Waals surface area contributed by atoms with Gasteiger partial charge in [0, 0.05) is 24.0 Å². The Labute approximate surface area is 186 Å². The van der Waals surface area contributed by atoms with E-state index in [1.807, 2.05) is 6.07 Å². The Bertz CT molecular complexity index is 1270. The van der Waals surface area contributed by atoms with E-state index >= 15 is 0 Å². The number of carbonyl (C=O) groups is 1. The number of amides is 1. The van der Waals surface area contributed by atoms with E-state index in [0.29, 0.717) is 35.8 Å². The Kier molecular flexibility index (Phi) is 6.36. The number of ether oxygens (including phenoxy) is 1. The first-order valence-electron chi connectivity index (χ1n) is 10.4. The molecule has 0 aliphatic carbocycles. The summed E-state index contributed by atoms with van der Waals surface area (Å²) in [5, 5.41) is 3.61. The summed E-state index contributed by atoms with van der Waals surface area (Å²) in [6.45, 7) is 0.638. The largest absolute Gasteiger partial charge is 0.497 e. The molecule has 8 nitrogen and oxygen atoms in total. The average Bonchev–Trinajstić information content (AvgIpc) is 3.06. The second-order valence-corrected chi connectivity index (χ2v) is 9.16. The molecule has 0 atom stereocenters. The van der Waals surface area contributed by atoms with E-state index < -0.39 is 10.0 Å². The topological polar surface area (TPSA) is 110 Å². The fraction of sp³-hybridized carbons (Fsp3) is 0.261. The zero-order valence-electron chi connectivity index (χ0n) is 17.7. The molecule has 2 aromatic carbocycles. The van der Waals surface area contributed by atoms with Crippen molar-refractivity contribution in [2.45, 2.75) is 30.6 Å². The van der Waals surface area contributed by atoms with Crippen molar-refractivity contribution in [1.29, 1.82) is 0 Å². The molecule has 0 fully saturated rings. The van der Waals surface area contributed by atoms with Crippen LogP contribution in [0.15, 0.2) is 64.5 Å². The highest BCUT2D eigenvalue weighted by molar-refractivity contribution is 7.90. The van der Waals surface area contributed by atoms with E-state index in [2.05, 4.69) is 20.0 Å². The molecule has 0 bridgehead atoms. The van der Waals surface area contributed by atoms with Crippen LogP contribution in [0.2, 0.25) is 0 Å². The van der Waals surface area contributed by atoms with E-state index in [0.717, 1.165) is 24.6 Å². The summed E-state index contributed by atoms with van der Waals surface area (Å²) in [5.74, 6) is 0.830. The van der Waals surface area contributed by atoms with Gasteiger partial charge in [-0.3, -0.25) is 14.5 Å². The molecular formula is C23H24N4O4S. The Balaban J connectivity index is 1.45. The van der Waals surface area contributed by atoms with Gasteiger partial charge in [-0.25, -0.2) is 13.4 Å². The lowest BCUT2D eigenvalue weighted by molar-refractivity contribution is 0.102. The molecule has 9 heteroatoms. The maximum atomic E-state index is 12.6. The van der Waals surface area contributed by atoms with Gasteiger partial charge in [0.1, 0.15) is 17.3 Å². The zero-order valence-corrected chi connectivity index (χ0v) is 18.5. The van der Waals surface area contributed by atoms with Crippen molar-refractivity contribution >= 4 is 38.4 Å². The summed E-state index contributed by atoms with van der Waals surface area (Å²) in [4.78, 5) is 21.4. The number of anilines is 1. The van der Waals surface area contributed by atoms with Gasteiger partial charge in [-0.1, -0.05) is 12.5 Å². The molecule has 0 saturated carbocycles. The van der Waals surface area contributed by atoms with Gasteiger partial charge in [0.05, 0.1) is 17.5 Å². The summed E-state index contributed by atoms with van der Waals surface area (Å²) in [6, 6.07) is 14.9. The number of amidine groups is 1. The second kappa shape index (κ2) is 9.35. The predicted molar refractivity (Wildman–Crippen MR) is 124 cm³/mol. The van der Waals surface area contributed by atoms with Gasteiger partial charge in [0.2, 0.25) is 0 Å². The average molecular weight is 453 g/mol. The van der Waals surface area contributed by atoms with Gasteiger partial charge < -0.3 is 10.1 Å². The van der Waals surface area contributed by atoms with Crippen LogP contribution in [0, 0.1) is 0 Å². The van der Waals surface area contributed by atoms with Crippen LogP contribution in [0.5, 0.6) is 5.75 Å². The third kappa shape index (κ3) is 5.05. The molecule has 4 rings (SSSR count). The van der Waals surface area contributed by atoms with Crippen molar-refractivity contribution in [3.05, 3.63) is 60.3 Å². The van der Waals surface area contributed by atoms with Crippen molar-refractivity contribution in [1.82, 2.24) is 9.71 Å². The normalized spacial score (nSPS) is 14.3. The van der Waals surface area contributed by atoms with E-state index in [1.54, 1.807) is 43.5 Å². The number of nitrogens with one attached hydrogen (secondary N) is 2. The number of benzene rings is 2. The zero-order chi connectivity index (χ0) is 22.6. The number of methoxy groups -OCH3 is 1. The fourth-order valence-electron chi connectivity index (χ4n) is 3.44. The van der Waals surface area contributed by atoms with Crippen molar-refractivity contribution in [3.63, 3.8) is 0 Å². The number of aliphatic imine (C=N–C) groups is 1. The Morgan fingerprint density at radius 1 is 1.00 bits per heavy atom. The highest BCUT2D eigenvalue weighted by Gasteiger charge is 2.17. The van der Waals surface area contributed by atoms with Crippen LogP contribution in [-0.2, 0) is 10.0 Å². The van der Waals surface area contributed by atoms with Crippen LogP contribution in [0.1, 0.15) is 36.2 Å². The fourth-order valence-corrected chi connectivity index (χ4v) is 4.53. The van der Waals surface area contributed by atoms with Crippen LogP contribution in [-0.4, -0.2) is 38.8 Å². The van der Waals surface area contributed by atoms with E-state index in [9.17, 15) is 13.2 Å². The van der Waals surface area contributed by atoms with Crippen molar-refractivity contribution in [3.8, 4) is 5.75 Å². The van der Waals surface area contributed by atoms with Gasteiger partial charge in [0.15, 0.2) is 0 Å². The Morgan fingerprint density at radius 2 is 1.81 bits per heavy atom. The minimum absolute atomic E-state index is 0.111. The third-order valence-corrected chi connectivity index (χ3v) is 6.58. The van der Waals surface area contributed by atoms with Crippen LogP contribution >= 0.6 is 0 Å². The molecule has 2 N–H and O–H groups in total. The van der Waals surface area contributed by atoms with Crippen LogP contribution < -0.4 is 14.8 Å². The lowest BCUT2D eigenvalue weighted by Crippen LogP contribution is -2.30. The third-order valence-electron chi connectivity index (χ3n) is 5.18. The number of hydrogen-bond donors (Lipinski definition) is 2. The molecule has 3 aromatic rings. The van der Waals surface area contributed by atoms with Crippen LogP contribution in [0.3, 0.4) is 0 Å². The van der Waals surface area contributed by atoms with E-state index in [1.165, 1.54) is 12.1 Å². The van der Waals surface area contributed by atoms with Gasteiger partial charge in [-0.2, -0.15) is 0 Å². The molecule has 1 aliphatic heterocycles. The Hall–Kier alpha value is -3.46. The molecule has 166 valence electrons. The van der Waals surface area contributed by atoms with Crippen molar-refractivity contribution < 1.29 is 17.9 Å². The monoisotopic (exact) mass is 452 g/mol. The molecule has 0 saturated heterocycles. The first-order valence-corrected chi connectivity index (χ1v) is 11.9. The number of rotatable bonds is 5. The lowest BCUT2D eigenvalue weighted by atomic mass is 10.2. The SMILES string of the molecule is COc1ccc2nc(C(=O)Nc3ccc(S(=O)(=O)NC4=NCCCCC4)cc3)ccc2c1. The number of carbonyl (C=O) groups excluding carboxylic acids is 1. The maximum Gasteiger partial charge on any atom is 0.274 e. The Morgan fingerprint density at radius 3 is 2.59 bits per heavy atom. The van der Waals surface area contributed by atoms with Crippen molar-refractivity contribution in [2.24, 2.45) is 4.99 Å². The molecule has 1 aromatic heterocycles. The number of sulfonamides is 1. The second-order valence-electron chi connectivity index (χ2n) is 7.48. The van der Waals surface area contributed by atoms with Gasteiger partial charge in [0.25, 0.3) is 15.9 Å². The summed E-state index contributed by atoms with van der Waals surface area (Å²) in [6.07, 6.45) is 3.56. The molecule has 0 spiro atoms. The molecule has 2 heterocycles. The number of aromatic nitrogens is 1. The lowest BCUT2D eigenvalue weighted by Gasteiger charge is -2.11. The predicted octanol–water partition coefficient (Wildman–Crippen LogP) is 3.75. The number of nitrogens with zero attached hydrogens (tertiary/aromatic N) is 2. The summed E-state index contributed by atoms with van der Waals surface area (Å²) in [5.41, 5.74) is 1.40. The minimum Gasteiger partial charge on any atom is -0.497 e. The minimum atomic E-state index is -3.72. The standard InChI is InChI=1S/C23H24N4O4S/c1-31-18-9-13-20-16(15-18)6-12-21(26-20)23(28)25-17-7-10-19(11-8-17)32(29,30)27-22-5-3-2-4-14-24-22/h6-13,15H,2-5,14H2,1H3,(H,24,27)(H,25,28). The number of pyridine rings is 1. The molecular weight excluding hydrogens is 428 g/mol. The molecule has 32 heavy (non-hydrogen) atoms. The van der Waals surface area contributed by atoms with E-state index in [4.69, 9.17) is 4.74 Å². The highest BCUT2D eigenvalue weighted by Crippen LogP contribution is 2.20. The maximum absolute atomic E-state index is 12.6. The van der Waals surface area contributed by atoms with Gasteiger partial charge in [-0.15, -0.1) is 0 Å². The smallest absolute Gasteiger partial charge is 0.274 e. The number of fused-ring (bicyclic) bond motifs is 1. The summed E-state index contributed by atoms with van der Waals surface area (Å²) >= 11 is 0. The van der Waals surface area contributed by atoms with Crippen molar-refractivity contribution in [2.75, 3.05) is 19.0 Å². The van der Waals surface area contributed by atoms with Gasteiger partial charge >= 0.3 is 0 Å². The first-order chi connectivity index (χ1) is 15.4.